The first-order valence-corrected chi connectivity index (χ1v) is 10.2. The Bertz CT molecular complexity index is 949. The van der Waals surface area contributed by atoms with E-state index in [4.69, 9.17) is 10.5 Å². The SMILES string of the molecule is C=C(C)c1ccn(C2CC(Oc3cccc4c3C(N)CC4)C(O)C2O)c1N=CC. The van der Waals surface area contributed by atoms with Gasteiger partial charge in [0.05, 0.1) is 6.04 Å². The Morgan fingerprint density at radius 1 is 1.31 bits per heavy atom. The van der Waals surface area contributed by atoms with Gasteiger partial charge in [0.1, 0.15) is 29.9 Å². The molecule has 6 nitrogen and oxygen atoms in total. The quantitative estimate of drug-likeness (QED) is 0.677. The average molecular weight is 396 g/mol. The molecule has 5 atom stereocenters. The van der Waals surface area contributed by atoms with Gasteiger partial charge < -0.3 is 25.3 Å². The fraction of sp³-hybridized carbons (Fsp3) is 0.435. The van der Waals surface area contributed by atoms with Crippen LogP contribution in [0.25, 0.3) is 5.57 Å². The third-order valence-electron chi connectivity index (χ3n) is 6.08. The van der Waals surface area contributed by atoms with Crippen LogP contribution in [0.3, 0.4) is 0 Å². The van der Waals surface area contributed by atoms with Crippen LogP contribution in [0.2, 0.25) is 0 Å². The number of fused-ring (bicyclic) bond motifs is 1. The van der Waals surface area contributed by atoms with Gasteiger partial charge in [-0.1, -0.05) is 18.7 Å². The third-order valence-corrected chi connectivity index (χ3v) is 6.08. The van der Waals surface area contributed by atoms with Crippen molar-refractivity contribution < 1.29 is 14.9 Å². The maximum Gasteiger partial charge on any atom is 0.140 e. The first-order valence-electron chi connectivity index (χ1n) is 10.2. The maximum atomic E-state index is 10.8. The van der Waals surface area contributed by atoms with Gasteiger partial charge in [0.25, 0.3) is 0 Å². The van der Waals surface area contributed by atoms with Crippen LogP contribution in [0.1, 0.15) is 55.5 Å². The second-order valence-electron chi connectivity index (χ2n) is 8.04. The molecule has 0 amide bonds. The number of ether oxygens (including phenoxy) is 1. The van der Waals surface area contributed by atoms with Gasteiger partial charge >= 0.3 is 0 Å². The zero-order valence-corrected chi connectivity index (χ0v) is 17.0. The Labute approximate surface area is 171 Å². The van der Waals surface area contributed by atoms with E-state index in [1.807, 2.05) is 42.8 Å². The Morgan fingerprint density at radius 3 is 2.83 bits per heavy atom. The second-order valence-corrected chi connectivity index (χ2v) is 8.04. The minimum atomic E-state index is -0.998. The molecule has 29 heavy (non-hydrogen) atoms. The lowest BCUT2D eigenvalue weighted by Gasteiger charge is -2.21. The van der Waals surface area contributed by atoms with E-state index >= 15 is 0 Å². The van der Waals surface area contributed by atoms with Crippen molar-refractivity contribution in [2.75, 3.05) is 0 Å². The molecule has 2 aliphatic rings. The molecule has 0 radical (unpaired) electrons. The summed E-state index contributed by atoms with van der Waals surface area (Å²) in [5, 5.41) is 21.5. The highest BCUT2D eigenvalue weighted by Gasteiger charge is 2.45. The number of aryl methyl sites for hydroxylation is 1. The first kappa shape index (κ1) is 19.9. The predicted octanol–water partition coefficient (Wildman–Crippen LogP) is 3.30. The Hall–Kier alpha value is -2.41. The molecule has 0 aliphatic heterocycles. The molecule has 0 bridgehead atoms. The number of aliphatic hydroxyl groups is 2. The fourth-order valence-corrected chi connectivity index (χ4v) is 4.61. The number of hydrogen-bond donors (Lipinski definition) is 3. The molecule has 1 saturated carbocycles. The summed E-state index contributed by atoms with van der Waals surface area (Å²) in [4.78, 5) is 4.49. The van der Waals surface area contributed by atoms with Gasteiger partial charge in [-0.25, -0.2) is 4.99 Å². The molecule has 1 fully saturated rings. The topological polar surface area (TPSA) is 93.0 Å². The van der Waals surface area contributed by atoms with Crippen molar-refractivity contribution >= 4 is 17.6 Å². The zero-order chi connectivity index (χ0) is 20.7. The highest BCUT2D eigenvalue weighted by atomic mass is 16.5. The smallest absolute Gasteiger partial charge is 0.140 e. The molecular weight excluding hydrogens is 366 g/mol. The number of allylic oxidation sites excluding steroid dienone is 1. The van der Waals surface area contributed by atoms with Crippen LogP contribution in [-0.2, 0) is 6.42 Å². The van der Waals surface area contributed by atoms with Gasteiger partial charge in [0.15, 0.2) is 0 Å². The van der Waals surface area contributed by atoms with E-state index in [1.165, 1.54) is 5.56 Å². The van der Waals surface area contributed by atoms with Crippen LogP contribution in [0.4, 0.5) is 5.82 Å². The van der Waals surface area contributed by atoms with E-state index in [0.717, 1.165) is 35.4 Å². The molecule has 4 N–H and O–H groups in total. The summed E-state index contributed by atoms with van der Waals surface area (Å²) in [6.45, 7) is 7.80. The normalized spacial score (nSPS) is 28.8. The number of aliphatic hydroxyl groups excluding tert-OH is 2. The number of benzene rings is 1. The Kier molecular flexibility index (Phi) is 5.34. The molecule has 1 heterocycles. The molecule has 1 aromatic carbocycles. The van der Waals surface area contributed by atoms with Gasteiger partial charge in [-0.3, -0.25) is 0 Å². The van der Waals surface area contributed by atoms with Gasteiger partial charge in [-0.05, 0) is 50.0 Å². The summed E-state index contributed by atoms with van der Waals surface area (Å²) in [7, 11) is 0. The van der Waals surface area contributed by atoms with Crippen molar-refractivity contribution in [1.82, 2.24) is 4.57 Å². The van der Waals surface area contributed by atoms with Crippen molar-refractivity contribution in [2.45, 2.75) is 63.5 Å². The maximum absolute atomic E-state index is 10.8. The van der Waals surface area contributed by atoms with Crippen molar-refractivity contribution in [3.8, 4) is 5.75 Å². The molecular formula is C23H29N3O3. The summed E-state index contributed by atoms with van der Waals surface area (Å²) in [6, 6.07) is 7.49. The van der Waals surface area contributed by atoms with Crippen LogP contribution in [0, 0.1) is 0 Å². The molecule has 1 aromatic heterocycles. The molecule has 5 unspecified atom stereocenters. The average Bonchev–Trinajstić information content (AvgIpc) is 3.35. The lowest BCUT2D eigenvalue weighted by atomic mass is 10.1. The van der Waals surface area contributed by atoms with E-state index in [0.29, 0.717) is 12.2 Å². The fourth-order valence-electron chi connectivity index (χ4n) is 4.61. The molecule has 0 saturated heterocycles. The van der Waals surface area contributed by atoms with Crippen LogP contribution >= 0.6 is 0 Å². The first-order chi connectivity index (χ1) is 13.9. The highest BCUT2D eigenvalue weighted by Crippen LogP contribution is 2.41. The van der Waals surface area contributed by atoms with Crippen LogP contribution in [0.15, 0.2) is 42.0 Å². The van der Waals surface area contributed by atoms with Gasteiger partial charge in [0.2, 0.25) is 0 Å². The van der Waals surface area contributed by atoms with Crippen molar-refractivity contribution in [1.29, 1.82) is 0 Å². The van der Waals surface area contributed by atoms with Crippen molar-refractivity contribution in [3.63, 3.8) is 0 Å². The number of aromatic nitrogens is 1. The zero-order valence-electron chi connectivity index (χ0n) is 17.0. The number of rotatable bonds is 5. The Balaban J connectivity index is 1.62. The van der Waals surface area contributed by atoms with Gasteiger partial charge in [-0.15, -0.1) is 0 Å². The van der Waals surface area contributed by atoms with E-state index in [2.05, 4.69) is 17.6 Å². The number of nitrogens with two attached hydrogens (primary N) is 1. The number of aliphatic imine (C=N–C) groups is 1. The van der Waals surface area contributed by atoms with Gasteiger partial charge in [-0.2, -0.15) is 0 Å². The second kappa shape index (κ2) is 7.78. The number of nitrogens with zero attached hydrogens (tertiary/aromatic N) is 2. The molecule has 6 heteroatoms. The van der Waals surface area contributed by atoms with Crippen molar-refractivity contribution in [2.24, 2.45) is 10.7 Å². The van der Waals surface area contributed by atoms with Crippen LogP contribution < -0.4 is 10.5 Å². The molecule has 154 valence electrons. The van der Waals surface area contributed by atoms with E-state index < -0.39 is 18.3 Å². The summed E-state index contributed by atoms with van der Waals surface area (Å²) in [6.07, 6.45) is 3.45. The van der Waals surface area contributed by atoms with E-state index in [9.17, 15) is 10.2 Å². The lowest BCUT2D eigenvalue weighted by Crippen LogP contribution is -2.34. The lowest BCUT2D eigenvalue weighted by molar-refractivity contribution is -0.0167. The third kappa shape index (κ3) is 3.41. The van der Waals surface area contributed by atoms with Crippen molar-refractivity contribution in [3.05, 3.63) is 53.7 Å². The summed E-state index contributed by atoms with van der Waals surface area (Å²) >= 11 is 0. The summed E-state index contributed by atoms with van der Waals surface area (Å²) < 4.78 is 8.14. The standard InChI is InChI=1S/C23H29N3O3/c1-4-25-23-15(13(2)3)10-11-26(23)17-12-19(22(28)21(17)27)29-18-7-5-6-14-8-9-16(24)20(14)18/h4-7,10-11,16-17,19,21-22,27-28H,2,8-9,12,24H2,1,3H3. The largest absolute Gasteiger partial charge is 0.487 e. The van der Waals surface area contributed by atoms with Crippen LogP contribution in [-0.4, -0.2) is 39.3 Å². The molecule has 4 rings (SSSR count). The minimum absolute atomic E-state index is 0.0477. The number of hydrogen-bond acceptors (Lipinski definition) is 5. The van der Waals surface area contributed by atoms with E-state index in [-0.39, 0.29) is 12.1 Å². The Morgan fingerprint density at radius 2 is 2.10 bits per heavy atom. The van der Waals surface area contributed by atoms with Crippen LogP contribution in [0.5, 0.6) is 5.75 Å². The minimum Gasteiger partial charge on any atom is -0.487 e. The van der Waals surface area contributed by atoms with E-state index in [1.54, 1.807) is 6.21 Å². The van der Waals surface area contributed by atoms with Gasteiger partial charge in [0, 0.05) is 36.0 Å². The summed E-state index contributed by atoms with van der Waals surface area (Å²) in [5.74, 6) is 1.45. The highest BCUT2D eigenvalue weighted by molar-refractivity contribution is 5.73. The molecule has 2 aromatic rings. The predicted molar refractivity (Wildman–Crippen MR) is 115 cm³/mol. The monoisotopic (exact) mass is 395 g/mol. The molecule has 0 spiro atoms. The molecule has 2 aliphatic carbocycles. The summed E-state index contributed by atoms with van der Waals surface area (Å²) in [5.41, 5.74) is 10.3.